The Labute approximate surface area is 202 Å². The summed E-state index contributed by atoms with van der Waals surface area (Å²) in [7, 11) is -4.18. The van der Waals surface area contributed by atoms with E-state index in [1.54, 1.807) is 38.1 Å². The number of halogens is 2. The molecule has 0 spiro atoms. The fourth-order valence-electron chi connectivity index (χ4n) is 3.65. The molecule has 1 heterocycles. The van der Waals surface area contributed by atoms with Crippen LogP contribution in [0.1, 0.15) is 36.2 Å². The van der Waals surface area contributed by atoms with Crippen LogP contribution in [0.15, 0.2) is 47.4 Å². The van der Waals surface area contributed by atoms with Crippen LogP contribution in [0, 0.1) is 0 Å². The molecule has 8 nitrogen and oxygen atoms in total. The molecule has 0 aromatic heterocycles. The van der Waals surface area contributed by atoms with E-state index in [1.165, 1.54) is 23.1 Å². The van der Waals surface area contributed by atoms with Crippen LogP contribution in [0.25, 0.3) is 0 Å². The van der Waals surface area contributed by atoms with Crippen molar-refractivity contribution in [1.82, 2.24) is 14.5 Å². The van der Waals surface area contributed by atoms with Crippen LogP contribution in [0.5, 0.6) is 0 Å². The van der Waals surface area contributed by atoms with Crippen molar-refractivity contribution in [3.63, 3.8) is 0 Å². The predicted octanol–water partition coefficient (Wildman–Crippen LogP) is 3.08. The predicted molar refractivity (Wildman–Crippen MR) is 124 cm³/mol. The molecule has 11 heteroatoms. The minimum Gasteiger partial charge on any atom is -0.355 e. The Hall–Kier alpha value is -2.62. The quantitative estimate of drug-likeness (QED) is 0.586. The van der Waals surface area contributed by atoms with Crippen molar-refractivity contribution in [2.75, 3.05) is 13.1 Å². The summed E-state index contributed by atoms with van der Waals surface area (Å²) in [6, 6.07) is 9.70. The highest BCUT2D eigenvalue weighted by molar-refractivity contribution is 7.90. The Morgan fingerprint density at radius 2 is 1.79 bits per heavy atom. The fraction of sp³-hybridized carbons (Fsp3) is 0.318. The normalized spacial score (nSPS) is 15.2. The summed E-state index contributed by atoms with van der Waals surface area (Å²) in [6.45, 7) is 3.09. The third-order valence-corrected chi connectivity index (χ3v) is 7.79. The molecule has 0 saturated carbocycles. The minimum atomic E-state index is -4.18. The molecule has 1 aliphatic heterocycles. The molecule has 176 valence electrons. The maximum atomic E-state index is 13.4. The summed E-state index contributed by atoms with van der Waals surface area (Å²) >= 11 is 12.1. The van der Waals surface area contributed by atoms with E-state index in [1.807, 2.05) is 0 Å². The molecule has 2 aromatic carbocycles. The summed E-state index contributed by atoms with van der Waals surface area (Å²) in [5.41, 5.74) is 0.608. The van der Waals surface area contributed by atoms with Crippen molar-refractivity contribution in [1.29, 1.82) is 0 Å². The van der Waals surface area contributed by atoms with E-state index < -0.39 is 34.4 Å². The molecular formula is C22H23Cl2N3O5S. The minimum absolute atomic E-state index is 0.0112. The number of hydrogen-bond donors (Lipinski definition) is 1. The summed E-state index contributed by atoms with van der Waals surface area (Å²) in [4.78, 5) is 39.9. The Balaban J connectivity index is 1.94. The SMILES string of the molecule is CCNC(=O)[C@@H](CC)N(Cc1ccc(Cl)c(Cl)c1)C(=O)CN1C(=O)c2ccccc2S1(=O)=O. The Morgan fingerprint density at radius 3 is 2.39 bits per heavy atom. The average molecular weight is 512 g/mol. The summed E-state index contributed by atoms with van der Waals surface area (Å²) in [5.74, 6) is -1.85. The number of amides is 3. The maximum absolute atomic E-state index is 13.4. The number of nitrogens with zero attached hydrogens (tertiary/aromatic N) is 2. The van der Waals surface area contributed by atoms with Gasteiger partial charge in [0.2, 0.25) is 11.8 Å². The number of rotatable bonds is 8. The molecule has 0 aliphatic carbocycles. The molecule has 1 aliphatic rings. The molecule has 3 rings (SSSR count). The second-order valence-corrected chi connectivity index (χ2v) is 10.0. The zero-order valence-electron chi connectivity index (χ0n) is 18.0. The van der Waals surface area contributed by atoms with Gasteiger partial charge in [0, 0.05) is 13.1 Å². The van der Waals surface area contributed by atoms with E-state index in [0.29, 0.717) is 21.4 Å². The topological polar surface area (TPSA) is 104 Å². The van der Waals surface area contributed by atoms with E-state index in [9.17, 15) is 22.8 Å². The smallest absolute Gasteiger partial charge is 0.269 e. The number of likely N-dealkylation sites (N-methyl/N-ethyl adjacent to an activating group) is 1. The highest BCUT2D eigenvalue weighted by Gasteiger charge is 2.43. The van der Waals surface area contributed by atoms with Gasteiger partial charge in [-0.3, -0.25) is 14.4 Å². The molecule has 0 bridgehead atoms. The van der Waals surface area contributed by atoms with Crippen LogP contribution in [-0.4, -0.2) is 54.5 Å². The lowest BCUT2D eigenvalue weighted by Crippen LogP contribution is -2.52. The number of fused-ring (bicyclic) bond motifs is 1. The number of benzene rings is 2. The summed E-state index contributed by atoms with van der Waals surface area (Å²) < 4.78 is 26.3. The molecule has 0 fully saturated rings. The van der Waals surface area contributed by atoms with Gasteiger partial charge in [0.1, 0.15) is 17.5 Å². The molecule has 1 N–H and O–H groups in total. The van der Waals surface area contributed by atoms with Gasteiger partial charge in [-0.05, 0) is 43.2 Å². The van der Waals surface area contributed by atoms with Crippen molar-refractivity contribution in [2.24, 2.45) is 0 Å². The van der Waals surface area contributed by atoms with Crippen LogP contribution in [0.2, 0.25) is 10.0 Å². The Bertz CT molecular complexity index is 1200. The zero-order chi connectivity index (χ0) is 24.3. The highest BCUT2D eigenvalue weighted by atomic mass is 35.5. The van der Waals surface area contributed by atoms with Gasteiger partial charge in [-0.25, -0.2) is 12.7 Å². The van der Waals surface area contributed by atoms with E-state index in [0.717, 1.165) is 0 Å². The molecule has 33 heavy (non-hydrogen) atoms. The molecule has 0 unspecified atom stereocenters. The van der Waals surface area contributed by atoms with Crippen LogP contribution >= 0.6 is 23.2 Å². The number of sulfonamides is 1. The van der Waals surface area contributed by atoms with Crippen molar-refractivity contribution < 1.29 is 22.8 Å². The fourth-order valence-corrected chi connectivity index (χ4v) is 5.49. The number of carbonyl (C=O) groups excluding carboxylic acids is 3. The van der Waals surface area contributed by atoms with Crippen LogP contribution in [0.4, 0.5) is 0 Å². The molecule has 0 saturated heterocycles. The van der Waals surface area contributed by atoms with Gasteiger partial charge in [-0.15, -0.1) is 0 Å². The number of nitrogens with one attached hydrogen (secondary N) is 1. The third kappa shape index (κ3) is 5.00. The first-order valence-electron chi connectivity index (χ1n) is 10.3. The lowest BCUT2D eigenvalue weighted by molar-refractivity contribution is -0.141. The number of hydrogen-bond acceptors (Lipinski definition) is 5. The monoisotopic (exact) mass is 511 g/mol. The first kappa shape index (κ1) is 25.0. The third-order valence-electron chi connectivity index (χ3n) is 5.26. The molecule has 0 radical (unpaired) electrons. The lowest BCUT2D eigenvalue weighted by Gasteiger charge is -2.31. The van der Waals surface area contributed by atoms with E-state index in [4.69, 9.17) is 23.2 Å². The molecule has 2 aromatic rings. The second-order valence-electron chi connectivity index (χ2n) is 7.40. The first-order chi connectivity index (χ1) is 15.6. The van der Waals surface area contributed by atoms with Crippen molar-refractivity contribution in [3.8, 4) is 0 Å². The van der Waals surface area contributed by atoms with Gasteiger partial charge >= 0.3 is 0 Å². The lowest BCUT2D eigenvalue weighted by atomic mass is 10.1. The van der Waals surface area contributed by atoms with E-state index in [-0.39, 0.29) is 34.4 Å². The molecular weight excluding hydrogens is 489 g/mol. The van der Waals surface area contributed by atoms with Crippen molar-refractivity contribution in [3.05, 3.63) is 63.6 Å². The van der Waals surface area contributed by atoms with E-state index >= 15 is 0 Å². The van der Waals surface area contributed by atoms with Gasteiger partial charge in [0.25, 0.3) is 15.9 Å². The molecule has 3 amide bonds. The maximum Gasteiger partial charge on any atom is 0.269 e. The van der Waals surface area contributed by atoms with E-state index in [2.05, 4.69) is 5.32 Å². The van der Waals surface area contributed by atoms with Gasteiger partial charge < -0.3 is 10.2 Å². The van der Waals surface area contributed by atoms with Crippen molar-refractivity contribution in [2.45, 2.75) is 37.8 Å². The first-order valence-corrected chi connectivity index (χ1v) is 12.5. The largest absolute Gasteiger partial charge is 0.355 e. The summed E-state index contributed by atoms with van der Waals surface area (Å²) in [5, 5.41) is 3.30. The van der Waals surface area contributed by atoms with Gasteiger partial charge in [0.05, 0.1) is 15.6 Å². The van der Waals surface area contributed by atoms with Crippen LogP contribution in [0.3, 0.4) is 0 Å². The summed E-state index contributed by atoms with van der Waals surface area (Å²) in [6.07, 6.45) is 0.278. The van der Waals surface area contributed by atoms with Crippen LogP contribution in [-0.2, 0) is 26.2 Å². The average Bonchev–Trinajstić information content (AvgIpc) is 2.97. The van der Waals surface area contributed by atoms with Gasteiger partial charge in [0.15, 0.2) is 0 Å². The standard InChI is InChI=1S/C22H23Cl2N3O5S/c1-3-18(21(29)25-4-2)26(12-14-9-10-16(23)17(24)11-14)20(28)13-27-22(30)15-7-5-6-8-19(15)33(27,31)32/h5-11,18H,3-4,12-13H2,1-2H3,(H,25,29)/t18-/m1/s1. The zero-order valence-corrected chi connectivity index (χ0v) is 20.4. The van der Waals surface area contributed by atoms with Gasteiger partial charge in [-0.2, -0.15) is 0 Å². The Kier molecular flexibility index (Phi) is 7.66. The molecule has 1 atom stereocenters. The number of carbonyl (C=O) groups is 3. The Morgan fingerprint density at radius 1 is 1.09 bits per heavy atom. The van der Waals surface area contributed by atoms with Crippen LogP contribution < -0.4 is 5.32 Å². The van der Waals surface area contributed by atoms with Gasteiger partial charge in [-0.1, -0.05) is 48.3 Å². The second kappa shape index (κ2) is 10.1. The van der Waals surface area contributed by atoms with Crippen molar-refractivity contribution >= 4 is 50.9 Å². The highest BCUT2D eigenvalue weighted by Crippen LogP contribution is 2.30.